The number of nitro groups is 1. The zero-order chi connectivity index (χ0) is 19.2. The quantitative estimate of drug-likeness (QED) is 0.613. The van der Waals surface area contributed by atoms with E-state index in [1.54, 1.807) is 12.1 Å². The highest BCUT2D eigenvalue weighted by atomic mass is 16.6. The van der Waals surface area contributed by atoms with Crippen molar-refractivity contribution in [2.24, 2.45) is 0 Å². The summed E-state index contributed by atoms with van der Waals surface area (Å²) in [4.78, 5) is 26.0. The van der Waals surface area contributed by atoms with Gasteiger partial charge in [-0.2, -0.15) is 0 Å². The van der Waals surface area contributed by atoms with E-state index >= 15 is 0 Å². The van der Waals surface area contributed by atoms with E-state index in [1.807, 2.05) is 42.2 Å². The number of rotatable bonds is 6. The summed E-state index contributed by atoms with van der Waals surface area (Å²) in [5, 5.41) is 10.9. The molecule has 1 amide bonds. The fraction of sp³-hybridized carbons (Fsp3) is 0.350. The molecule has 1 fully saturated rings. The van der Waals surface area contributed by atoms with Crippen LogP contribution in [0.3, 0.4) is 0 Å². The van der Waals surface area contributed by atoms with Crippen LogP contribution < -0.4 is 9.64 Å². The van der Waals surface area contributed by atoms with E-state index in [1.165, 1.54) is 11.0 Å². The van der Waals surface area contributed by atoms with Crippen molar-refractivity contribution >= 4 is 11.6 Å². The van der Waals surface area contributed by atoms with Crippen LogP contribution in [-0.2, 0) is 11.3 Å². The lowest BCUT2D eigenvalue weighted by molar-refractivity contribution is -0.917. The number of amides is 1. The smallest absolute Gasteiger partial charge is 0.269 e. The molecule has 0 aliphatic carbocycles. The molecule has 1 heterocycles. The van der Waals surface area contributed by atoms with Crippen molar-refractivity contribution in [2.45, 2.75) is 13.5 Å². The van der Waals surface area contributed by atoms with Crippen LogP contribution in [0, 0.1) is 17.0 Å². The van der Waals surface area contributed by atoms with Crippen LogP contribution >= 0.6 is 0 Å². The lowest BCUT2D eigenvalue weighted by Gasteiger charge is -2.32. The van der Waals surface area contributed by atoms with Gasteiger partial charge in [-0.3, -0.25) is 14.9 Å². The average molecular weight is 370 g/mol. The molecule has 0 saturated carbocycles. The zero-order valence-corrected chi connectivity index (χ0v) is 15.4. The number of nitrogens with zero attached hydrogens (tertiary/aromatic N) is 2. The van der Waals surface area contributed by atoms with Crippen molar-refractivity contribution in [3.05, 3.63) is 69.8 Å². The van der Waals surface area contributed by atoms with Gasteiger partial charge in [-0.1, -0.05) is 29.8 Å². The summed E-state index contributed by atoms with van der Waals surface area (Å²) in [5.74, 6) is 0.689. The standard InChI is InChI=1S/C20H23N3O4/c1-16-5-7-19(8-6-16)27-15-20(24)22-11-9-21(10-12-22)14-17-3-2-4-18(13-17)23(25)26/h2-8,13H,9-12,14-15H2,1H3/p+1. The van der Waals surface area contributed by atoms with Gasteiger partial charge in [0.15, 0.2) is 6.61 Å². The second-order valence-corrected chi connectivity index (χ2v) is 6.84. The molecule has 0 aromatic heterocycles. The van der Waals surface area contributed by atoms with Crippen LogP contribution in [0.4, 0.5) is 5.69 Å². The van der Waals surface area contributed by atoms with Gasteiger partial charge in [0.1, 0.15) is 12.3 Å². The van der Waals surface area contributed by atoms with Gasteiger partial charge in [0, 0.05) is 17.7 Å². The first-order valence-corrected chi connectivity index (χ1v) is 9.05. The summed E-state index contributed by atoms with van der Waals surface area (Å²) in [6.45, 7) is 5.75. The Kier molecular flexibility index (Phi) is 6.03. The molecule has 2 aromatic rings. The minimum atomic E-state index is -0.372. The molecule has 0 spiro atoms. The van der Waals surface area contributed by atoms with Gasteiger partial charge in [-0.05, 0) is 19.1 Å². The van der Waals surface area contributed by atoms with Crippen LogP contribution in [0.25, 0.3) is 0 Å². The zero-order valence-electron chi connectivity index (χ0n) is 15.4. The van der Waals surface area contributed by atoms with Gasteiger partial charge in [0.2, 0.25) is 0 Å². The second kappa shape index (κ2) is 8.64. The number of carbonyl (C=O) groups is 1. The predicted molar refractivity (Wildman–Crippen MR) is 101 cm³/mol. The molecule has 27 heavy (non-hydrogen) atoms. The fourth-order valence-electron chi connectivity index (χ4n) is 3.19. The van der Waals surface area contributed by atoms with Gasteiger partial charge in [0.05, 0.1) is 31.1 Å². The molecular formula is C20H24N3O4+. The van der Waals surface area contributed by atoms with Crippen molar-refractivity contribution in [1.29, 1.82) is 0 Å². The van der Waals surface area contributed by atoms with E-state index in [0.29, 0.717) is 18.8 Å². The highest BCUT2D eigenvalue weighted by Crippen LogP contribution is 2.13. The summed E-state index contributed by atoms with van der Waals surface area (Å²) in [5.41, 5.74) is 2.21. The highest BCUT2D eigenvalue weighted by molar-refractivity contribution is 5.77. The maximum Gasteiger partial charge on any atom is 0.269 e. The van der Waals surface area contributed by atoms with Gasteiger partial charge in [-0.15, -0.1) is 0 Å². The van der Waals surface area contributed by atoms with E-state index in [9.17, 15) is 14.9 Å². The summed E-state index contributed by atoms with van der Waals surface area (Å²) >= 11 is 0. The van der Waals surface area contributed by atoms with E-state index in [4.69, 9.17) is 4.74 Å². The topological polar surface area (TPSA) is 77.1 Å². The molecule has 0 radical (unpaired) electrons. The van der Waals surface area contributed by atoms with E-state index < -0.39 is 0 Å². The van der Waals surface area contributed by atoms with Crippen molar-refractivity contribution < 1.29 is 19.4 Å². The minimum Gasteiger partial charge on any atom is -0.484 e. The molecular weight excluding hydrogens is 346 g/mol. The van der Waals surface area contributed by atoms with Crippen molar-refractivity contribution in [1.82, 2.24) is 4.90 Å². The van der Waals surface area contributed by atoms with Crippen LogP contribution in [0.5, 0.6) is 5.75 Å². The van der Waals surface area contributed by atoms with Gasteiger partial charge < -0.3 is 14.5 Å². The predicted octanol–water partition coefficient (Wildman–Crippen LogP) is 1.21. The Bertz CT molecular complexity index is 799. The van der Waals surface area contributed by atoms with Crippen molar-refractivity contribution in [2.75, 3.05) is 32.8 Å². The third-order valence-corrected chi connectivity index (χ3v) is 4.78. The minimum absolute atomic E-state index is 0.00928. The molecule has 7 heteroatoms. The molecule has 7 nitrogen and oxygen atoms in total. The van der Waals surface area contributed by atoms with Gasteiger partial charge in [0.25, 0.3) is 11.6 Å². The fourth-order valence-corrected chi connectivity index (χ4v) is 3.19. The number of ether oxygens (including phenoxy) is 1. The molecule has 0 atom stereocenters. The monoisotopic (exact) mass is 370 g/mol. The Morgan fingerprint density at radius 2 is 1.89 bits per heavy atom. The average Bonchev–Trinajstić information content (AvgIpc) is 2.68. The summed E-state index contributed by atoms with van der Waals surface area (Å²) in [6, 6.07) is 14.4. The third-order valence-electron chi connectivity index (χ3n) is 4.78. The van der Waals surface area contributed by atoms with E-state index in [-0.39, 0.29) is 23.1 Å². The number of nitrogens with one attached hydrogen (secondary N) is 1. The molecule has 2 aromatic carbocycles. The largest absolute Gasteiger partial charge is 0.484 e. The first-order chi connectivity index (χ1) is 13.0. The van der Waals surface area contributed by atoms with Gasteiger partial charge in [-0.25, -0.2) is 0 Å². The third kappa shape index (κ3) is 5.27. The molecule has 0 unspecified atom stereocenters. The number of aryl methyl sites for hydroxylation is 1. The maximum atomic E-state index is 12.3. The SMILES string of the molecule is Cc1ccc(OCC(=O)N2CC[NH+](Cc3cccc([N+](=O)[O-])c3)CC2)cc1. The normalized spacial score (nSPS) is 14.8. The number of piperazine rings is 1. The van der Waals surface area contributed by atoms with E-state index in [2.05, 4.69) is 0 Å². The lowest BCUT2D eigenvalue weighted by atomic mass is 10.1. The molecule has 3 rings (SSSR count). The highest BCUT2D eigenvalue weighted by Gasteiger charge is 2.24. The second-order valence-electron chi connectivity index (χ2n) is 6.84. The van der Waals surface area contributed by atoms with Crippen LogP contribution in [0.15, 0.2) is 48.5 Å². The number of non-ortho nitro benzene ring substituents is 1. The molecule has 1 N–H and O–H groups in total. The Labute approximate surface area is 158 Å². The van der Waals surface area contributed by atoms with Crippen LogP contribution in [-0.4, -0.2) is 48.5 Å². The lowest BCUT2D eigenvalue weighted by Crippen LogP contribution is -3.13. The number of benzene rings is 2. The summed E-state index contributed by atoms with van der Waals surface area (Å²) in [6.07, 6.45) is 0. The van der Waals surface area contributed by atoms with Crippen LogP contribution in [0.1, 0.15) is 11.1 Å². The van der Waals surface area contributed by atoms with Gasteiger partial charge >= 0.3 is 0 Å². The molecule has 1 aliphatic heterocycles. The number of nitro benzene ring substituents is 1. The van der Waals surface area contributed by atoms with E-state index in [0.717, 1.165) is 30.8 Å². The van der Waals surface area contributed by atoms with Crippen LogP contribution in [0.2, 0.25) is 0 Å². The molecule has 1 aliphatic rings. The summed E-state index contributed by atoms with van der Waals surface area (Å²) < 4.78 is 5.57. The molecule has 1 saturated heterocycles. The Balaban J connectivity index is 1.45. The molecule has 0 bridgehead atoms. The maximum absolute atomic E-state index is 12.3. The van der Waals surface area contributed by atoms with Crippen molar-refractivity contribution in [3.8, 4) is 5.75 Å². The Hall–Kier alpha value is -2.93. The number of hydrogen-bond donors (Lipinski definition) is 1. The Morgan fingerprint density at radius 3 is 2.56 bits per heavy atom. The Morgan fingerprint density at radius 1 is 1.19 bits per heavy atom. The first kappa shape index (κ1) is 18.8. The number of carbonyl (C=O) groups excluding carboxylic acids is 1. The first-order valence-electron chi connectivity index (χ1n) is 9.05. The summed E-state index contributed by atoms with van der Waals surface area (Å²) in [7, 11) is 0. The van der Waals surface area contributed by atoms with Crippen molar-refractivity contribution in [3.63, 3.8) is 0 Å². The molecule has 142 valence electrons. The number of hydrogen-bond acceptors (Lipinski definition) is 4. The number of quaternary nitrogens is 1.